The maximum Gasteiger partial charge on any atom is 0.227 e. The molecule has 0 saturated carbocycles. The van der Waals surface area contributed by atoms with E-state index in [2.05, 4.69) is 46.2 Å². The Labute approximate surface area is 190 Å². The van der Waals surface area contributed by atoms with Crippen LogP contribution < -0.4 is 4.74 Å². The van der Waals surface area contributed by atoms with E-state index in [9.17, 15) is 4.79 Å². The average molecular weight is 427 g/mol. The Bertz CT molecular complexity index is 1070. The van der Waals surface area contributed by atoms with E-state index in [1.807, 2.05) is 42.5 Å². The Kier molecular flexibility index (Phi) is 6.22. The summed E-state index contributed by atoms with van der Waals surface area (Å²) >= 11 is 0. The molecular formula is C28H30N2O2. The molecule has 4 nitrogen and oxygen atoms in total. The van der Waals surface area contributed by atoms with Crippen molar-refractivity contribution in [2.75, 3.05) is 19.6 Å². The molecule has 5 rings (SSSR count). The molecule has 32 heavy (non-hydrogen) atoms. The molecule has 0 radical (unpaired) electrons. The van der Waals surface area contributed by atoms with Crippen LogP contribution in [0.25, 0.3) is 0 Å². The largest absolute Gasteiger partial charge is 0.457 e. The minimum absolute atomic E-state index is 0.0952. The van der Waals surface area contributed by atoms with Gasteiger partial charge in [0.2, 0.25) is 5.91 Å². The number of benzene rings is 3. The first kappa shape index (κ1) is 20.8. The lowest BCUT2D eigenvalue weighted by molar-refractivity contribution is -0.138. The number of para-hydroxylation sites is 1. The van der Waals surface area contributed by atoms with Gasteiger partial charge in [-0.1, -0.05) is 54.6 Å². The van der Waals surface area contributed by atoms with E-state index in [-0.39, 0.29) is 5.92 Å². The molecule has 1 unspecified atom stereocenters. The second-order valence-corrected chi connectivity index (χ2v) is 8.92. The van der Waals surface area contributed by atoms with Crippen molar-refractivity contribution in [1.82, 2.24) is 9.80 Å². The molecule has 1 fully saturated rings. The molecule has 2 aliphatic heterocycles. The molecule has 2 heterocycles. The van der Waals surface area contributed by atoms with Gasteiger partial charge in [-0.2, -0.15) is 0 Å². The van der Waals surface area contributed by atoms with E-state index in [1.165, 1.54) is 16.7 Å². The fraction of sp³-hybridized carbons (Fsp3) is 0.321. The molecule has 164 valence electrons. The predicted molar refractivity (Wildman–Crippen MR) is 127 cm³/mol. The van der Waals surface area contributed by atoms with E-state index in [1.54, 1.807) is 0 Å². The van der Waals surface area contributed by atoms with Gasteiger partial charge in [0.25, 0.3) is 0 Å². The van der Waals surface area contributed by atoms with Crippen molar-refractivity contribution in [1.29, 1.82) is 0 Å². The first-order valence-electron chi connectivity index (χ1n) is 11.6. The molecule has 0 aromatic heterocycles. The molecule has 0 aliphatic carbocycles. The summed E-state index contributed by atoms with van der Waals surface area (Å²) in [5.74, 6) is 2.12. The maximum atomic E-state index is 13.3. The van der Waals surface area contributed by atoms with Crippen molar-refractivity contribution in [3.8, 4) is 11.5 Å². The Morgan fingerprint density at radius 3 is 2.53 bits per heavy atom. The topological polar surface area (TPSA) is 32.8 Å². The van der Waals surface area contributed by atoms with Gasteiger partial charge in [-0.25, -0.2) is 0 Å². The number of amides is 1. The minimum Gasteiger partial charge on any atom is -0.457 e. The molecular weight excluding hydrogens is 396 g/mol. The van der Waals surface area contributed by atoms with Crippen LogP contribution in [0.15, 0.2) is 78.9 Å². The van der Waals surface area contributed by atoms with E-state index < -0.39 is 0 Å². The fourth-order valence-corrected chi connectivity index (χ4v) is 4.93. The summed E-state index contributed by atoms with van der Waals surface area (Å²) in [6.07, 6.45) is 3.03. The third-order valence-electron chi connectivity index (χ3n) is 6.58. The zero-order valence-electron chi connectivity index (χ0n) is 18.5. The number of likely N-dealkylation sites (tertiary alicyclic amines) is 1. The summed E-state index contributed by atoms with van der Waals surface area (Å²) in [4.78, 5) is 17.8. The van der Waals surface area contributed by atoms with Gasteiger partial charge in [-0.05, 0) is 66.8 Å². The number of carbonyl (C=O) groups is 1. The summed E-state index contributed by atoms with van der Waals surface area (Å²) in [5, 5.41) is 0. The third-order valence-corrected chi connectivity index (χ3v) is 6.58. The molecule has 0 spiro atoms. The highest BCUT2D eigenvalue weighted by Crippen LogP contribution is 2.26. The highest BCUT2D eigenvalue weighted by Gasteiger charge is 2.30. The first-order valence-corrected chi connectivity index (χ1v) is 11.6. The normalized spacial score (nSPS) is 18.8. The standard InChI is InChI=1S/C28H30N2O2/c31-28(30-17-15-23-9-4-5-10-24(23)21-30)25-11-7-16-29(20-25)19-22-8-6-14-27(18-22)32-26-12-2-1-3-13-26/h1-6,8-10,12-14,18,25H,7,11,15-17,19-21H2. The lowest BCUT2D eigenvalue weighted by atomic mass is 9.93. The molecule has 4 heteroatoms. The summed E-state index contributed by atoms with van der Waals surface area (Å²) in [6, 6.07) is 26.7. The number of hydrogen-bond donors (Lipinski definition) is 0. The van der Waals surface area contributed by atoms with Crippen molar-refractivity contribution in [2.45, 2.75) is 32.4 Å². The lowest BCUT2D eigenvalue weighted by Crippen LogP contribution is -2.46. The van der Waals surface area contributed by atoms with Crippen LogP contribution >= 0.6 is 0 Å². The van der Waals surface area contributed by atoms with Crippen LogP contribution in [-0.2, 0) is 24.3 Å². The van der Waals surface area contributed by atoms with Crippen molar-refractivity contribution in [2.24, 2.45) is 5.92 Å². The summed E-state index contributed by atoms with van der Waals surface area (Å²) in [7, 11) is 0. The monoisotopic (exact) mass is 426 g/mol. The Balaban J connectivity index is 1.20. The number of carbonyl (C=O) groups excluding carboxylic acids is 1. The molecule has 3 aromatic carbocycles. The van der Waals surface area contributed by atoms with Crippen LogP contribution in [0, 0.1) is 5.92 Å². The van der Waals surface area contributed by atoms with Gasteiger partial charge in [0.15, 0.2) is 0 Å². The summed E-state index contributed by atoms with van der Waals surface area (Å²) in [5.41, 5.74) is 3.91. The van der Waals surface area contributed by atoms with Gasteiger partial charge in [0.05, 0.1) is 5.92 Å². The van der Waals surface area contributed by atoms with Gasteiger partial charge < -0.3 is 9.64 Å². The van der Waals surface area contributed by atoms with Crippen LogP contribution in [0.4, 0.5) is 0 Å². The van der Waals surface area contributed by atoms with E-state index in [0.29, 0.717) is 5.91 Å². The highest BCUT2D eigenvalue weighted by molar-refractivity contribution is 5.79. The highest BCUT2D eigenvalue weighted by atomic mass is 16.5. The molecule has 1 saturated heterocycles. The van der Waals surface area contributed by atoms with Crippen molar-refractivity contribution < 1.29 is 9.53 Å². The second kappa shape index (κ2) is 9.58. The van der Waals surface area contributed by atoms with Crippen LogP contribution in [0.2, 0.25) is 0 Å². The number of hydrogen-bond acceptors (Lipinski definition) is 3. The smallest absolute Gasteiger partial charge is 0.227 e. The van der Waals surface area contributed by atoms with Crippen molar-refractivity contribution in [3.63, 3.8) is 0 Å². The maximum absolute atomic E-state index is 13.3. The van der Waals surface area contributed by atoms with Crippen molar-refractivity contribution >= 4 is 5.91 Å². The Morgan fingerprint density at radius 1 is 0.875 bits per heavy atom. The Hall–Kier alpha value is -3.11. The predicted octanol–water partition coefficient (Wildman–Crippen LogP) is 5.28. The van der Waals surface area contributed by atoms with Gasteiger partial charge in [0, 0.05) is 26.2 Å². The van der Waals surface area contributed by atoms with Crippen LogP contribution in [-0.4, -0.2) is 35.3 Å². The summed E-state index contributed by atoms with van der Waals surface area (Å²) < 4.78 is 6.00. The van der Waals surface area contributed by atoms with Gasteiger partial charge >= 0.3 is 0 Å². The van der Waals surface area contributed by atoms with E-state index in [4.69, 9.17) is 4.74 Å². The molecule has 3 aromatic rings. The minimum atomic E-state index is 0.0952. The van der Waals surface area contributed by atoms with Gasteiger partial charge in [-0.3, -0.25) is 9.69 Å². The molecule has 0 bridgehead atoms. The zero-order valence-corrected chi connectivity index (χ0v) is 18.5. The van der Waals surface area contributed by atoms with E-state index in [0.717, 1.165) is 63.5 Å². The first-order chi connectivity index (χ1) is 15.7. The number of piperidine rings is 1. The summed E-state index contributed by atoms with van der Waals surface area (Å²) in [6.45, 7) is 4.31. The number of fused-ring (bicyclic) bond motifs is 1. The van der Waals surface area contributed by atoms with Gasteiger partial charge in [0.1, 0.15) is 11.5 Å². The van der Waals surface area contributed by atoms with Gasteiger partial charge in [-0.15, -0.1) is 0 Å². The van der Waals surface area contributed by atoms with Crippen LogP contribution in [0.1, 0.15) is 29.5 Å². The molecule has 0 N–H and O–H groups in total. The number of nitrogens with zero attached hydrogens (tertiary/aromatic N) is 2. The Morgan fingerprint density at radius 2 is 1.66 bits per heavy atom. The molecule has 1 amide bonds. The van der Waals surface area contributed by atoms with Crippen LogP contribution in [0.5, 0.6) is 11.5 Å². The average Bonchev–Trinajstić information content (AvgIpc) is 2.84. The van der Waals surface area contributed by atoms with E-state index >= 15 is 0 Å². The zero-order chi connectivity index (χ0) is 21.8. The molecule has 2 aliphatic rings. The lowest BCUT2D eigenvalue weighted by Gasteiger charge is -2.36. The SMILES string of the molecule is O=C(C1CCCN(Cc2cccc(Oc3ccccc3)c2)C1)N1CCc2ccccc2C1. The van der Waals surface area contributed by atoms with Crippen molar-refractivity contribution in [3.05, 3.63) is 95.6 Å². The third kappa shape index (κ3) is 4.86. The molecule has 1 atom stereocenters. The quantitative estimate of drug-likeness (QED) is 0.557. The fourth-order valence-electron chi connectivity index (χ4n) is 4.93. The second-order valence-electron chi connectivity index (χ2n) is 8.92. The number of ether oxygens (including phenoxy) is 1. The number of rotatable bonds is 5. The van der Waals surface area contributed by atoms with Crippen LogP contribution in [0.3, 0.4) is 0 Å².